The second-order valence-corrected chi connectivity index (χ2v) is 10.9. The Labute approximate surface area is 248 Å². The lowest BCUT2D eigenvalue weighted by atomic mass is 10.0. The van der Waals surface area contributed by atoms with Gasteiger partial charge in [-0.1, -0.05) is 6.92 Å². The van der Waals surface area contributed by atoms with Gasteiger partial charge < -0.3 is 25.4 Å². The molecule has 230 valence electrons. The number of alkyl halides is 3. The topological polar surface area (TPSA) is 107 Å². The van der Waals surface area contributed by atoms with Gasteiger partial charge in [-0.25, -0.2) is 4.79 Å². The molecule has 0 saturated carbocycles. The minimum atomic E-state index is -4.48. The second kappa shape index (κ2) is 13.9. The monoisotopic (exact) mass is 599 g/mol. The number of hydrogen-bond donors (Lipinski definition) is 3. The number of benzene rings is 2. The molecular formula is C31H36F3N5O4. The van der Waals surface area contributed by atoms with E-state index in [9.17, 15) is 27.9 Å². The van der Waals surface area contributed by atoms with Gasteiger partial charge >= 0.3 is 12.2 Å². The number of amides is 3. The molecule has 2 heterocycles. The molecule has 1 aliphatic rings. The van der Waals surface area contributed by atoms with E-state index < -0.39 is 23.8 Å². The first-order valence-corrected chi connectivity index (χ1v) is 14.0. The summed E-state index contributed by atoms with van der Waals surface area (Å²) in [7, 11) is 1.99. The average Bonchev–Trinajstić information content (AvgIpc) is 3.00. The van der Waals surface area contributed by atoms with Gasteiger partial charge in [-0.3, -0.25) is 14.7 Å². The van der Waals surface area contributed by atoms with E-state index in [0.29, 0.717) is 36.6 Å². The molecule has 1 aromatic heterocycles. The van der Waals surface area contributed by atoms with Gasteiger partial charge in [0.05, 0.1) is 24.6 Å². The number of nitrogens with one attached hydrogen (secondary N) is 2. The van der Waals surface area contributed by atoms with E-state index in [1.54, 1.807) is 42.4 Å². The SMILES string of the molecule is C[C@@H]1CN([C@@H](C)CO)C(=O)Cc2cc(NC(=O)Nc3ccc(C(F)(F)F)cc3)ccc2O[C@H]1CN(C)Cc1ccncc1. The fourth-order valence-electron chi connectivity index (χ4n) is 4.93. The van der Waals surface area contributed by atoms with Crippen LogP contribution >= 0.6 is 0 Å². The number of ether oxygens (including phenoxy) is 1. The number of carbonyl (C=O) groups excluding carboxylic acids is 2. The van der Waals surface area contributed by atoms with Gasteiger partial charge in [-0.05, 0) is 74.1 Å². The van der Waals surface area contributed by atoms with Gasteiger partial charge in [0.2, 0.25) is 5.91 Å². The normalized spacial score (nSPS) is 18.1. The third-order valence-corrected chi connectivity index (χ3v) is 7.34. The van der Waals surface area contributed by atoms with Crippen molar-refractivity contribution in [2.24, 2.45) is 5.92 Å². The maximum absolute atomic E-state index is 13.4. The fourth-order valence-corrected chi connectivity index (χ4v) is 4.93. The van der Waals surface area contributed by atoms with Gasteiger partial charge in [0.15, 0.2) is 0 Å². The van der Waals surface area contributed by atoms with E-state index in [2.05, 4.69) is 20.5 Å². The molecule has 0 bridgehead atoms. The van der Waals surface area contributed by atoms with Crippen LogP contribution in [0.25, 0.3) is 0 Å². The van der Waals surface area contributed by atoms with Crippen LogP contribution in [0.2, 0.25) is 0 Å². The number of carbonyl (C=O) groups is 2. The van der Waals surface area contributed by atoms with Crippen LogP contribution in [0.4, 0.5) is 29.3 Å². The first-order valence-electron chi connectivity index (χ1n) is 14.0. The van der Waals surface area contributed by atoms with Crippen molar-refractivity contribution < 1.29 is 32.6 Å². The molecule has 1 aliphatic heterocycles. The number of anilines is 2. The molecule has 0 spiro atoms. The summed E-state index contributed by atoms with van der Waals surface area (Å²) in [6.07, 6.45) is -1.30. The highest BCUT2D eigenvalue weighted by Crippen LogP contribution is 2.31. The van der Waals surface area contributed by atoms with Gasteiger partial charge in [-0.2, -0.15) is 13.2 Å². The molecule has 4 rings (SSSR count). The number of urea groups is 1. The quantitative estimate of drug-likeness (QED) is 0.336. The minimum Gasteiger partial charge on any atom is -0.488 e. The summed E-state index contributed by atoms with van der Waals surface area (Å²) >= 11 is 0. The highest BCUT2D eigenvalue weighted by molar-refractivity contribution is 6.00. The van der Waals surface area contributed by atoms with Gasteiger partial charge in [-0.15, -0.1) is 0 Å². The molecule has 3 aromatic rings. The number of halogens is 3. The van der Waals surface area contributed by atoms with Crippen molar-refractivity contribution in [2.75, 3.05) is 37.4 Å². The first kappa shape index (κ1) is 31.8. The van der Waals surface area contributed by atoms with Crippen LogP contribution < -0.4 is 15.4 Å². The molecule has 9 nitrogen and oxygen atoms in total. The fraction of sp³-hybridized carbons (Fsp3) is 0.387. The van der Waals surface area contributed by atoms with E-state index in [-0.39, 0.29) is 36.6 Å². The molecule has 0 fully saturated rings. The molecule has 3 N–H and O–H groups in total. The number of aliphatic hydroxyl groups is 1. The van der Waals surface area contributed by atoms with Gasteiger partial charge in [0.1, 0.15) is 11.9 Å². The van der Waals surface area contributed by atoms with Crippen LogP contribution in [0.1, 0.15) is 30.5 Å². The third kappa shape index (κ3) is 8.68. The first-order chi connectivity index (χ1) is 20.4. The highest BCUT2D eigenvalue weighted by atomic mass is 19.4. The summed E-state index contributed by atoms with van der Waals surface area (Å²) in [6, 6.07) is 11.9. The standard InChI is InChI=1S/C31H36F3N5O4/c1-20-16-39(21(2)19-40)29(41)15-23-14-26(37-30(42)36-25-6-4-24(5-7-25)31(32,33)34)8-9-27(23)43-28(20)18-38(3)17-22-10-12-35-13-11-22/h4-14,20-21,28,40H,15-19H2,1-3H3,(H2,36,37,42)/t20-,21+,28+/m1/s1. The Hall–Kier alpha value is -4.16. The minimum absolute atomic E-state index is 0.0119. The zero-order valence-electron chi connectivity index (χ0n) is 24.3. The summed E-state index contributed by atoms with van der Waals surface area (Å²) in [6.45, 7) is 5.25. The zero-order chi connectivity index (χ0) is 31.1. The largest absolute Gasteiger partial charge is 0.488 e. The Bertz CT molecular complexity index is 1390. The maximum Gasteiger partial charge on any atom is 0.416 e. The molecule has 2 aromatic carbocycles. The molecule has 3 atom stereocenters. The number of likely N-dealkylation sites (N-methyl/N-ethyl adjacent to an activating group) is 1. The van der Waals surface area contributed by atoms with E-state index >= 15 is 0 Å². The third-order valence-electron chi connectivity index (χ3n) is 7.34. The van der Waals surface area contributed by atoms with E-state index in [1.165, 1.54) is 12.1 Å². The van der Waals surface area contributed by atoms with Crippen molar-refractivity contribution in [3.8, 4) is 5.75 Å². The van der Waals surface area contributed by atoms with Crippen molar-refractivity contribution >= 4 is 23.3 Å². The van der Waals surface area contributed by atoms with Crippen molar-refractivity contribution in [1.82, 2.24) is 14.8 Å². The Morgan fingerprint density at radius 2 is 1.77 bits per heavy atom. The summed E-state index contributed by atoms with van der Waals surface area (Å²) in [4.78, 5) is 33.9. The van der Waals surface area contributed by atoms with Crippen LogP contribution in [0.15, 0.2) is 67.0 Å². The zero-order valence-corrected chi connectivity index (χ0v) is 24.3. The van der Waals surface area contributed by atoms with Crippen molar-refractivity contribution in [3.63, 3.8) is 0 Å². The molecule has 0 unspecified atom stereocenters. The van der Waals surface area contributed by atoms with Crippen LogP contribution in [0.5, 0.6) is 5.75 Å². The average molecular weight is 600 g/mol. The summed E-state index contributed by atoms with van der Waals surface area (Å²) in [5.74, 6) is 0.251. The molecule has 0 saturated heterocycles. The van der Waals surface area contributed by atoms with Gasteiger partial charge in [0, 0.05) is 54.9 Å². The highest BCUT2D eigenvalue weighted by Gasteiger charge is 2.32. The number of nitrogens with zero attached hydrogens (tertiary/aromatic N) is 3. The van der Waals surface area contributed by atoms with Crippen LogP contribution in [0.3, 0.4) is 0 Å². The molecule has 0 aliphatic carbocycles. The van der Waals surface area contributed by atoms with Crippen molar-refractivity contribution in [2.45, 2.75) is 45.1 Å². The summed E-state index contributed by atoms with van der Waals surface area (Å²) in [5, 5.41) is 15.0. The Morgan fingerprint density at radius 3 is 2.42 bits per heavy atom. The lowest BCUT2D eigenvalue weighted by molar-refractivity contribution is -0.137. The number of aromatic nitrogens is 1. The lowest BCUT2D eigenvalue weighted by Crippen LogP contribution is -2.47. The number of fused-ring (bicyclic) bond motifs is 1. The van der Waals surface area contributed by atoms with Crippen LogP contribution in [-0.4, -0.2) is 70.7 Å². The molecule has 12 heteroatoms. The molecule has 3 amide bonds. The molecule has 0 radical (unpaired) electrons. The van der Waals surface area contributed by atoms with Crippen LogP contribution in [0, 0.1) is 5.92 Å². The predicted molar refractivity (Wildman–Crippen MR) is 157 cm³/mol. The van der Waals surface area contributed by atoms with Crippen molar-refractivity contribution in [3.05, 3.63) is 83.7 Å². The van der Waals surface area contributed by atoms with Crippen LogP contribution in [-0.2, 0) is 23.9 Å². The maximum atomic E-state index is 13.4. The smallest absolute Gasteiger partial charge is 0.416 e. The number of rotatable bonds is 8. The second-order valence-electron chi connectivity index (χ2n) is 10.9. The predicted octanol–water partition coefficient (Wildman–Crippen LogP) is 5.03. The number of aliphatic hydroxyl groups excluding tert-OH is 1. The number of hydrogen-bond acceptors (Lipinski definition) is 6. The Balaban J connectivity index is 1.53. The number of pyridine rings is 1. The lowest BCUT2D eigenvalue weighted by Gasteiger charge is -2.34. The summed E-state index contributed by atoms with van der Waals surface area (Å²) in [5.41, 5.74) is 1.41. The van der Waals surface area contributed by atoms with E-state index in [4.69, 9.17) is 4.74 Å². The Morgan fingerprint density at radius 1 is 1.12 bits per heavy atom. The van der Waals surface area contributed by atoms with E-state index in [1.807, 2.05) is 26.1 Å². The molecular weight excluding hydrogens is 563 g/mol. The van der Waals surface area contributed by atoms with Crippen molar-refractivity contribution in [1.29, 1.82) is 0 Å². The molecule has 43 heavy (non-hydrogen) atoms. The Kier molecular flexibility index (Phi) is 10.3. The summed E-state index contributed by atoms with van der Waals surface area (Å²) < 4.78 is 45.1. The van der Waals surface area contributed by atoms with Gasteiger partial charge in [0.25, 0.3) is 0 Å². The van der Waals surface area contributed by atoms with E-state index in [0.717, 1.165) is 17.7 Å².